The van der Waals surface area contributed by atoms with E-state index in [0.29, 0.717) is 37.6 Å². The van der Waals surface area contributed by atoms with Crippen LogP contribution in [0, 0.1) is 11.8 Å². The Bertz CT molecular complexity index is 813. The van der Waals surface area contributed by atoms with Gasteiger partial charge >= 0.3 is 0 Å². The van der Waals surface area contributed by atoms with E-state index in [1.165, 1.54) is 6.42 Å². The second-order valence-corrected chi connectivity index (χ2v) is 11.5. The Kier molecular flexibility index (Phi) is 10.2. The van der Waals surface area contributed by atoms with Crippen molar-refractivity contribution in [3.05, 3.63) is 35.9 Å². The van der Waals surface area contributed by atoms with Gasteiger partial charge < -0.3 is 15.3 Å². The highest BCUT2D eigenvalue weighted by Gasteiger charge is 2.37. The zero-order valence-electron chi connectivity index (χ0n) is 21.8. The molecule has 2 amide bonds. The van der Waals surface area contributed by atoms with Crippen molar-refractivity contribution in [1.29, 1.82) is 0 Å². The Hall–Kier alpha value is -1.95. The van der Waals surface area contributed by atoms with E-state index in [9.17, 15) is 19.1 Å². The molecule has 1 aromatic carbocycles. The van der Waals surface area contributed by atoms with Crippen molar-refractivity contribution in [2.75, 3.05) is 6.54 Å². The van der Waals surface area contributed by atoms with Crippen LogP contribution in [-0.2, 0) is 9.59 Å². The summed E-state index contributed by atoms with van der Waals surface area (Å²) in [6.07, 6.45) is 12.0. The highest BCUT2D eigenvalue weighted by atomic mass is 19.1. The van der Waals surface area contributed by atoms with Gasteiger partial charge in [0, 0.05) is 19.0 Å². The fourth-order valence-corrected chi connectivity index (χ4v) is 6.55. The molecule has 0 saturated heterocycles. The first-order chi connectivity index (χ1) is 17.5. The van der Waals surface area contributed by atoms with Crippen molar-refractivity contribution in [1.82, 2.24) is 10.2 Å². The maximum atomic E-state index is 13.9. The Balaban J connectivity index is 1.49. The summed E-state index contributed by atoms with van der Waals surface area (Å²) < 4.78 is 13.6. The fraction of sp³-hybridized carbons (Fsp3) is 0.733. The van der Waals surface area contributed by atoms with Crippen LogP contribution in [0.3, 0.4) is 0 Å². The summed E-state index contributed by atoms with van der Waals surface area (Å²) in [5.41, 5.74) is 0.863. The van der Waals surface area contributed by atoms with Gasteiger partial charge in [-0.05, 0) is 88.0 Å². The van der Waals surface area contributed by atoms with Gasteiger partial charge in [0.15, 0.2) is 0 Å². The van der Waals surface area contributed by atoms with E-state index in [0.717, 1.165) is 76.2 Å². The van der Waals surface area contributed by atoms with Crippen LogP contribution in [0.15, 0.2) is 30.3 Å². The third kappa shape index (κ3) is 7.53. The van der Waals surface area contributed by atoms with Crippen molar-refractivity contribution in [3.63, 3.8) is 0 Å². The van der Waals surface area contributed by atoms with Gasteiger partial charge in [-0.2, -0.15) is 0 Å². The van der Waals surface area contributed by atoms with E-state index < -0.39 is 12.2 Å². The lowest BCUT2D eigenvalue weighted by atomic mass is 9.84. The van der Waals surface area contributed by atoms with Gasteiger partial charge in [-0.25, -0.2) is 4.39 Å². The summed E-state index contributed by atoms with van der Waals surface area (Å²) in [7, 11) is 0. The summed E-state index contributed by atoms with van der Waals surface area (Å²) in [6, 6.07) is 9.20. The SMILES string of the molecule is O=C(NCC1CCC(F)CC1)C(c1ccccc1)N(C(=O)CCC1CCC(O)CC1)C1CCCCC1. The third-order valence-corrected chi connectivity index (χ3v) is 8.82. The van der Waals surface area contributed by atoms with Crippen LogP contribution >= 0.6 is 0 Å². The van der Waals surface area contributed by atoms with Crippen LogP contribution in [0.2, 0.25) is 0 Å². The monoisotopic (exact) mass is 500 g/mol. The van der Waals surface area contributed by atoms with Crippen molar-refractivity contribution in [2.24, 2.45) is 11.8 Å². The second-order valence-electron chi connectivity index (χ2n) is 11.5. The number of amides is 2. The molecular formula is C30H45FN2O3. The number of carbonyl (C=O) groups is 2. The average Bonchev–Trinajstić information content (AvgIpc) is 2.91. The average molecular weight is 501 g/mol. The summed E-state index contributed by atoms with van der Waals surface area (Å²) >= 11 is 0. The minimum absolute atomic E-state index is 0.0787. The molecular weight excluding hydrogens is 455 g/mol. The number of rotatable bonds is 9. The molecule has 5 nitrogen and oxygen atoms in total. The number of nitrogens with one attached hydrogen (secondary N) is 1. The van der Waals surface area contributed by atoms with Crippen LogP contribution in [0.1, 0.15) is 108 Å². The second kappa shape index (κ2) is 13.6. The topological polar surface area (TPSA) is 69.6 Å². The molecule has 0 radical (unpaired) electrons. The maximum Gasteiger partial charge on any atom is 0.247 e. The number of aliphatic hydroxyl groups excluding tert-OH is 1. The minimum atomic E-state index is -0.708. The largest absolute Gasteiger partial charge is 0.393 e. The molecule has 0 aliphatic heterocycles. The maximum absolute atomic E-state index is 13.9. The number of benzene rings is 1. The number of hydrogen-bond acceptors (Lipinski definition) is 3. The van der Waals surface area contributed by atoms with E-state index in [4.69, 9.17) is 0 Å². The van der Waals surface area contributed by atoms with E-state index in [-0.39, 0.29) is 24.0 Å². The predicted octanol–water partition coefficient (Wildman–Crippen LogP) is 5.86. The van der Waals surface area contributed by atoms with Crippen molar-refractivity contribution >= 4 is 11.8 Å². The van der Waals surface area contributed by atoms with Gasteiger partial charge in [0.2, 0.25) is 11.8 Å². The van der Waals surface area contributed by atoms with Gasteiger partial charge in [0.25, 0.3) is 0 Å². The van der Waals surface area contributed by atoms with Gasteiger partial charge in [-0.15, -0.1) is 0 Å². The van der Waals surface area contributed by atoms with Crippen LogP contribution in [0.5, 0.6) is 0 Å². The summed E-state index contributed by atoms with van der Waals surface area (Å²) in [5.74, 6) is 0.747. The molecule has 3 aliphatic rings. The predicted molar refractivity (Wildman–Crippen MR) is 140 cm³/mol. The number of nitrogens with zero attached hydrogens (tertiary/aromatic N) is 1. The molecule has 3 fully saturated rings. The first-order valence-electron chi connectivity index (χ1n) is 14.5. The smallest absolute Gasteiger partial charge is 0.247 e. The number of aliphatic hydroxyl groups is 1. The minimum Gasteiger partial charge on any atom is -0.393 e. The summed E-state index contributed by atoms with van der Waals surface area (Å²) in [4.78, 5) is 29.6. The zero-order chi connectivity index (χ0) is 25.3. The highest BCUT2D eigenvalue weighted by Crippen LogP contribution is 2.34. The van der Waals surface area contributed by atoms with Gasteiger partial charge in [-0.3, -0.25) is 9.59 Å². The Labute approximate surface area is 216 Å². The Morgan fingerprint density at radius 3 is 2.19 bits per heavy atom. The molecule has 2 N–H and O–H groups in total. The van der Waals surface area contributed by atoms with E-state index in [1.807, 2.05) is 35.2 Å². The quantitative estimate of drug-likeness (QED) is 0.446. The lowest BCUT2D eigenvalue weighted by Crippen LogP contribution is -2.50. The molecule has 0 heterocycles. The standard InChI is InChI=1S/C30H45FN2O3/c31-25-16-11-23(12-17-25)21-32-30(36)29(24-7-3-1-4-8-24)33(26-9-5-2-6-10-26)28(35)20-15-22-13-18-27(34)19-14-22/h1,3-4,7-8,22-23,25-27,29,34H,2,5-6,9-21H2,(H,32,36). The normalized spacial score (nSPS) is 28.3. The van der Waals surface area contributed by atoms with Crippen LogP contribution in [0.25, 0.3) is 0 Å². The molecule has 1 atom stereocenters. The van der Waals surface area contributed by atoms with Crippen molar-refractivity contribution < 1.29 is 19.1 Å². The van der Waals surface area contributed by atoms with E-state index >= 15 is 0 Å². The van der Waals surface area contributed by atoms with E-state index in [1.54, 1.807) is 0 Å². The number of alkyl halides is 1. The van der Waals surface area contributed by atoms with Gasteiger partial charge in [0.05, 0.1) is 6.10 Å². The summed E-state index contributed by atoms with van der Waals surface area (Å²) in [5, 5.41) is 13.0. The van der Waals surface area contributed by atoms with Crippen molar-refractivity contribution in [2.45, 2.75) is 121 Å². The fourth-order valence-electron chi connectivity index (χ4n) is 6.55. The molecule has 1 unspecified atom stereocenters. The molecule has 3 saturated carbocycles. The molecule has 1 aromatic rings. The molecule has 0 aromatic heterocycles. The van der Waals surface area contributed by atoms with Crippen LogP contribution in [0.4, 0.5) is 4.39 Å². The van der Waals surface area contributed by atoms with Crippen molar-refractivity contribution in [3.8, 4) is 0 Å². The number of halogens is 1. The molecule has 6 heteroatoms. The Morgan fingerprint density at radius 2 is 1.53 bits per heavy atom. The molecule has 36 heavy (non-hydrogen) atoms. The van der Waals surface area contributed by atoms with Gasteiger partial charge in [-0.1, -0.05) is 49.6 Å². The lowest BCUT2D eigenvalue weighted by molar-refractivity contribution is -0.145. The summed E-state index contributed by atoms with van der Waals surface area (Å²) in [6.45, 7) is 0.548. The highest BCUT2D eigenvalue weighted by molar-refractivity contribution is 5.89. The molecule has 200 valence electrons. The van der Waals surface area contributed by atoms with Crippen LogP contribution in [-0.4, -0.2) is 46.7 Å². The Morgan fingerprint density at radius 1 is 0.889 bits per heavy atom. The molecule has 4 rings (SSSR count). The molecule has 0 spiro atoms. The zero-order valence-corrected chi connectivity index (χ0v) is 21.8. The third-order valence-electron chi connectivity index (χ3n) is 8.82. The van der Waals surface area contributed by atoms with Gasteiger partial charge in [0.1, 0.15) is 12.2 Å². The van der Waals surface area contributed by atoms with Crippen LogP contribution < -0.4 is 5.32 Å². The first kappa shape index (κ1) is 27.1. The first-order valence-corrected chi connectivity index (χ1v) is 14.5. The molecule has 3 aliphatic carbocycles. The number of hydrogen-bond donors (Lipinski definition) is 2. The number of carbonyl (C=O) groups excluding carboxylic acids is 2. The molecule has 0 bridgehead atoms. The lowest BCUT2D eigenvalue weighted by Gasteiger charge is -2.40. The van der Waals surface area contributed by atoms with E-state index in [2.05, 4.69) is 5.32 Å².